The predicted molar refractivity (Wildman–Crippen MR) is 90.2 cm³/mol. The fourth-order valence-electron chi connectivity index (χ4n) is 3.26. The van der Waals surface area contributed by atoms with Crippen LogP contribution >= 0.6 is 0 Å². The topological polar surface area (TPSA) is 120 Å². The van der Waals surface area contributed by atoms with Crippen LogP contribution in [0.1, 0.15) is 22.7 Å². The van der Waals surface area contributed by atoms with Crippen LogP contribution in [0.25, 0.3) is 0 Å². The molecule has 0 bridgehead atoms. The number of benzene rings is 1. The van der Waals surface area contributed by atoms with Gasteiger partial charge in [-0.05, 0) is 24.6 Å². The number of nitrogens with two attached hydrogens (primary N) is 1. The minimum absolute atomic E-state index is 0.0355. The number of aromatic amines is 1. The van der Waals surface area contributed by atoms with Gasteiger partial charge in [-0.2, -0.15) is 5.26 Å². The van der Waals surface area contributed by atoms with Gasteiger partial charge in [0.05, 0.1) is 18.6 Å². The Balaban J connectivity index is 1.99. The monoisotopic (exact) mass is 353 g/mol. The van der Waals surface area contributed by atoms with E-state index in [1.165, 1.54) is 7.11 Å². The lowest BCUT2D eigenvalue weighted by Crippen LogP contribution is -2.28. The number of methoxy groups -OCH3 is 1. The second-order valence-electron chi connectivity index (χ2n) is 5.94. The van der Waals surface area contributed by atoms with Crippen molar-refractivity contribution in [2.75, 3.05) is 13.9 Å². The number of allylic oxidation sites excluding steroid dienone is 1. The first kappa shape index (κ1) is 15.9. The van der Waals surface area contributed by atoms with E-state index in [4.69, 9.17) is 24.7 Å². The lowest BCUT2D eigenvalue weighted by Gasteiger charge is -2.26. The molecule has 0 saturated heterocycles. The maximum absolute atomic E-state index is 12.6. The second kappa shape index (κ2) is 5.74. The van der Waals surface area contributed by atoms with Crippen molar-refractivity contribution in [2.45, 2.75) is 12.8 Å². The zero-order valence-corrected chi connectivity index (χ0v) is 14.1. The molecule has 8 nitrogen and oxygen atoms in total. The number of hydrogen-bond donors (Lipinski definition) is 2. The summed E-state index contributed by atoms with van der Waals surface area (Å²) in [6.45, 7) is 1.81. The number of nitrogens with one attached hydrogen (secondary N) is 1. The number of ether oxygens (including phenoxy) is 4. The third-order valence-electron chi connectivity index (χ3n) is 4.37. The van der Waals surface area contributed by atoms with Gasteiger partial charge in [0.2, 0.25) is 18.4 Å². The highest BCUT2D eigenvalue weighted by Crippen LogP contribution is 2.47. The first-order valence-electron chi connectivity index (χ1n) is 7.82. The highest BCUT2D eigenvalue weighted by molar-refractivity contribution is 5.61. The van der Waals surface area contributed by atoms with Gasteiger partial charge in [0.25, 0.3) is 5.56 Å². The molecule has 1 aromatic carbocycles. The van der Waals surface area contributed by atoms with Crippen LogP contribution in [0.4, 0.5) is 0 Å². The maximum Gasteiger partial charge on any atom is 0.256 e. The molecular formula is C18H15N3O5. The summed E-state index contributed by atoms with van der Waals surface area (Å²) in [7, 11) is 1.50. The van der Waals surface area contributed by atoms with Gasteiger partial charge >= 0.3 is 0 Å². The fourth-order valence-corrected chi connectivity index (χ4v) is 3.26. The van der Waals surface area contributed by atoms with Crippen LogP contribution in [0.15, 0.2) is 34.4 Å². The van der Waals surface area contributed by atoms with E-state index in [0.29, 0.717) is 39.8 Å². The molecule has 0 aliphatic carbocycles. The molecule has 0 radical (unpaired) electrons. The molecule has 8 heteroatoms. The second-order valence-corrected chi connectivity index (χ2v) is 5.94. The van der Waals surface area contributed by atoms with E-state index in [-0.39, 0.29) is 23.8 Å². The van der Waals surface area contributed by atoms with Gasteiger partial charge < -0.3 is 29.7 Å². The Morgan fingerprint density at radius 3 is 2.85 bits per heavy atom. The van der Waals surface area contributed by atoms with Crippen molar-refractivity contribution < 1.29 is 18.9 Å². The number of rotatable bonds is 2. The van der Waals surface area contributed by atoms with E-state index in [1.54, 1.807) is 25.1 Å². The molecule has 0 saturated carbocycles. The summed E-state index contributed by atoms with van der Waals surface area (Å²) in [5, 5.41) is 9.62. The Morgan fingerprint density at radius 1 is 1.31 bits per heavy atom. The Kier molecular flexibility index (Phi) is 3.51. The zero-order valence-electron chi connectivity index (χ0n) is 14.1. The van der Waals surface area contributed by atoms with E-state index in [9.17, 15) is 10.1 Å². The van der Waals surface area contributed by atoms with Crippen LogP contribution < -0.4 is 30.2 Å². The van der Waals surface area contributed by atoms with Crippen LogP contribution in [0, 0.1) is 18.3 Å². The zero-order chi connectivity index (χ0) is 18.4. The Labute approximate surface area is 148 Å². The van der Waals surface area contributed by atoms with Crippen LogP contribution in [0.5, 0.6) is 23.0 Å². The first-order chi connectivity index (χ1) is 12.5. The standard InChI is InChI=1S/C18H15N3O5/c1-8-3-11-15(18(22)21-8)14(10(6-19)17(20)26-11)9-4-12(23-2)16-13(5-9)24-7-25-16/h3-5,14H,7,20H2,1-2H3,(H,21,22)/t14-/m1/s1. The van der Waals surface area contributed by atoms with Crippen molar-refractivity contribution in [1.29, 1.82) is 5.26 Å². The molecule has 2 aliphatic rings. The van der Waals surface area contributed by atoms with Crippen molar-refractivity contribution in [1.82, 2.24) is 4.98 Å². The highest BCUT2D eigenvalue weighted by Gasteiger charge is 2.35. The van der Waals surface area contributed by atoms with Crippen LogP contribution in [0.2, 0.25) is 0 Å². The van der Waals surface area contributed by atoms with Gasteiger partial charge in [-0.15, -0.1) is 0 Å². The summed E-state index contributed by atoms with van der Waals surface area (Å²) in [5.41, 5.74) is 7.30. The molecule has 3 heterocycles. The van der Waals surface area contributed by atoms with Gasteiger partial charge in [0.1, 0.15) is 17.4 Å². The van der Waals surface area contributed by atoms with Crippen molar-refractivity contribution in [2.24, 2.45) is 5.73 Å². The molecule has 0 unspecified atom stereocenters. The van der Waals surface area contributed by atoms with E-state index in [2.05, 4.69) is 11.1 Å². The molecule has 132 valence electrons. The summed E-state index contributed by atoms with van der Waals surface area (Å²) in [5.74, 6) is 0.985. The first-order valence-corrected chi connectivity index (χ1v) is 7.82. The largest absolute Gasteiger partial charge is 0.493 e. The van der Waals surface area contributed by atoms with Gasteiger partial charge in [-0.1, -0.05) is 0 Å². The SMILES string of the molecule is COc1cc([C@@H]2C(C#N)=C(N)Oc3cc(C)[nH]c(=O)c32)cc2c1OCO2. The Bertz CT molecular complexity index is 1050. The van der Waals surface area contributed by atoms with Gasteiger partial charge in [-0.3, -0.25) is 4.79 Å². The van der Waals surface area contributed by atoms with Crippen LogP contribution in [-0.2, 0) is 0 Å². The van der Waals surface area contributed by atoms with Crippen molar-refractivity contribution >= 4 is 0 Å². The number of nitrogens with zero attached hydrogens (tertiary/aromatic N) is 1. The minimum Gasteiger partial charge on any atom is -0.493 e. The summed E-state index contributed by atoms with van der Waals surface area (Å²) in [6, 6.07) is 7.15. The van der Waals surface area contributed by atoms with Crippen molar-refractivity contribution in [3.8, 4) is 29.1 Å². The number of aryl methyl sites for hydroxylation is 1. The maximum atomic E-state index is 12.6. The summed E-state index contributed by atoms with van der Waals surface area (Å²) in [6.07, 6.45) is 0. The Morgan fingerprint density at radius 2 is 2.12 bits per heavy atom. The number of H-pyrrole nitrogens is 1. The summed E-state index contributed by atoms with van der Waals surface area (Å²) in [4.78, 5) is 15.4. The van der Waals surface area contributed by atoms with Gasteiger partial charge in [-0.25, -0.2) is 0 Å². The third-order valence-corrected chi connectivity index (χ3v) is 4.37. The molecule has 0 amide bonds. The summed E-state index contributed by atoms with van der Waals surface area (Å²) >= 11 is 0. The molecule has 1 atom stereocenters. The molecule has 0 spiro atoms. The third kappa shape index (κ3) is 2.25. The lowest BCUT2D eigenvalue weighted by molar-refractivity contribution is 0.171. The van der Waals surface area contributed by atoms with E-state index in [0.717, 1.165) is 0 Å². The molecule has 3 N–H and O–H groups in total. The Hall–Kier alpha value is -3.60. The molecule has 4 rings (SSSR count). The van der Waals surface area contributed by atoms with Crippen molar-refractivity contribution in [3.05, 3.63) is 56.8 Å². The fraction of sp³-hybridized carbons (Fsp3) is 0.222. The molecule has 0 fully saturated rings. The van der Waals surface area contributed by atoms with E-state index < -0.39 is 5.92 Å². The highest BCUT2D eigenvalue weighted by atomic mass is 16.7. The van der Waals surface area contributed by atoms with Gasteiger partial charge in [0, 0.05) is 11.8 Å². The lowest BCUT2D eigenvalue weighted by atomic mass is 9.84. The number of aromatic nitrogens is 1. The van der Waals surface area contributed by atoms with Crippen LogP contribution in [-0.4, -0.2) is 18.9 Å². The molecular weight excluding hydrogens is 338 g/mol. The minimum atomic E-state index is -0.712. The van der Waals surface area contributed by atoms with Crippen LogP contribution in [0.3, 0.4) is 0 Å². The normalized spacial score (nSPS) is 17.3. The quantitative estimate of drug-likeness (QED) is 0.842. The molecule has 26 heavy (non-hydrogen) atoms. The molecule has 1 aromatic heterocycles. The number of pyridine rings is 1. The number of hydrogen-bond acceptors (Lipinski definition) is 7. The van der Waals surface area contributed by atoms with Gasteiger partial charge in [0.15, 0.2) is 11.5 Å². The van der Waals surface area contributed by atoms with Crippen molar-refractivity contribution in [3.63, 3.8) is 0 Å². The predicted octanol–water partition coefficient (Wildman–Crippen LogP) is 1.64. The van der Waals surface area contributed by atoms with E-state index >= 15 is 0 Å². The average molecular weight is 353 g/mol. The number of nitriles is 1. The molecule has 2 aromatic rings. The molecule has 2 aliphatic heterocycles. The summed E-state index contributed by atoms with van der Waals surface area (Å²) < 4.78 is 21.8. The average Bonchev–Trinajstić information content (AvgIpc) is 3.07. The van der Waals surface area contributed by atoms with E-state index in [1.807, 2.05) is 0 Å². The smallest absolute Gasteiger partial charge is 0.256 e. The number of fused-ring (bicyclic) bond motifs is 2.